The molecule has 1 fully saturated rings. The first-order chi connectivity index (χ1) is 18.9. The number of hydrogen-bond donors (Lipinski definition) is 2. The molecule has 13 heteroatoms. The molecular formula is C27H22ClF6N5O. The zero-order chi connectivity index (χ0) is 28.7. The summed E-state index contributed by atoms with van der Waals surface area (Å²) in [7, 11) is 0. The first-order valence-corrected chi connectivity index (χ1v) is 12.5. The molecule has 2 aromatic carbocycles. The summed E-state index contributed by atoms with van der Waals surface area (Å²) < 4.78 is 78.7. The number of halogens is 7. The van der Waals surface area contributed by atoms with E-state index < -0.39 is 23.5 Å². The molecule has 1 aliphatic heterocycles. The van der Waals surface area contributed by atoms with Gasteiger partial charge in [0.25, 0.3) is 0 Å². The van der Waals surface area contributed by atoms with Crippen LogP contribution in [-0.2, 0) is 19.0 Å². The molecule has 1 aliphatic rings. The Hall–Kier alpha value is -3.77. The van der Waals surface area contributed by atoms with E-state index in [4.69, 9.17) is 11.6 Å². The summed E-state index contributed by atoms with van der Waals surface area (Å²) in [5.74, 6) is 1.01. The third-order valence-electron chi connectivity index (χ3n) is 6.62. The number of nitrogens with one attached hydrogen (secondary N) is 1. The first-order valence-electron chi connectivity index (χ1n) is 12.1. The van der Waals surface area contributed by atoms with Crippen molar-refractivity contribution in [1.82, 2.24) is 15.0 Å². The largest absolute Gasteiger partial charge is 0.416 e. The van der Waals surface area contributed by atoms with E-state index in [1.807, 2.05) is 9.80 Å². The van der Waals surface area contributed by atoms with Crippen molar-refractivity contribution in [2.45, 2.75) is 19.0 Å². The van der Waals surface area contributed by atoms with Crippen LogP contribution in [0.25, 0.3) is 22.5 Å². The van der Waals surface area contributed by atoms with Crippen molar-refractivity contribution < 1.29 is 31.4 Å². The summed E-state index contributed by atoms with van der Waals surface area (Å²) in [5.41, 5.74) is 0.435. The molecule has 4 aromatic rings. The van der Waals surface area contributed by atoms with Gasteiger partial charge in [-0.1, -0.05) is 35.9 Å². The van der Waals surface area contributed by atoms with Crippen molar-refractivity contribution in [1.29, 1.82) is 0 Å². The van der Waals surface area contributed by atoms with Gasteiger partial charge in [0.15, 0.2) is 0 Å². The van der Waals surface area contributed by atoms with E-state index in [1.165, 1.54) is 24.3 Å². The second kappa shape index (κ2) is 10.7. The number of H-pyrrole nitrogens is 1. The fourth-order valence-electron chi connectivity index (χ4n) is 4.49. The Kier molecular flexibility index (Phi) is 7.40. The topological polar surface area (TPSA) is 68.3 Å². The van der Waals surface area contributed by atoms with Gasteiger partial charge in [-0.2, -0.15) is 26.3 Å². The number of aliphatic hydroxyl groups excluding tert-OH is 1. The van der Waals surface area contributed by atoms with Gasteiger partial charge in [0, 0.05) is 43.5 Å². The lowest BCUT2D eigenvalue weighted by molar-refractivity contribution is -0.138. The van der Waals surface area contributed by atoms with Gasteiger partial charge in [0.05, 0.1) is 34.1 Å². The number of pyridine rings is 1. The summed E-state index contributed by atoms with van der Waals surface area (Å²) in [6.07, 6.45) is -7.47. The van der Waals surface area contributed by atoms with Crippen molar-refractivity contribution in [3.8, 4) is 22.5 Å². The van der Waals surface area contributed by atoms with Crippen LogP contribution in [-0.4, -0.2) is 46.2 Å². The predicted octanol–water partition coefficient (Wildman–Crippen LogP) is 6.65. The second-order valence-electron chi connectivity index (χ2n) is 9.22. The molecule has 0 aliphatic carbocycles. The van der Waals surface area contributed by atoms with E-state index in [-0.39, 0.29) is 6.61 Å². The summed E-state index contributed by atoms with van der Waals surface area (Å²) in [6, 6.07) is 10.6. The van der Waals surface area contributed by atoms with Gasteiger partial charge in [-0.05, 0) is 35.9 Å². The SMILES string of the molecule is OCc1cnc(N2CCN(c3nc(-c4ccc(C(F)(F)F)cc4)c(-c4ccc(C(F)(F)F)cc4)[nH]3)CC2)c(Cl)c1. The summed E-state index contributed by atoms with van der Waals surface area (Å²) in [6.45, 7) is 1.86. The number of aromatic amines is 1. The van der Waals surface area contributed by atoms with E-state index in [1.54, 1.807) is 12.3 Å². The molecule has 0 unspecified atom stereocenters. The number of benzene rings is 2. The molecule has 1 saturated heterocycles. The monoisotopic (exact) mass is 581 g/mol. The number of imidazole rings is 1. The van der Waals surface area contributed by atoms with Crippen LogP contribution in [0, 0.1) is 0 Å². The van der Waals surface area contributed by atoms with E-state index in [0.29, 0.717) is 71.0 Å². The van der Waals surface area contributed by atoms with Crippen LogP contribution in [0.15, 0.2) is 60.8 Å². The number of rotatable bonds is 5. The zero-order valence-electron chi connectivity index (χ0n) is 20.7. The summed E-state index contributed by atoms with van der Waals surface area (Å²) in [4.78, 5) is 16.1. The molecule has 0 amide bonds. The van der Waals surface area contributed by atoms with Gasteiger partial charge in [0.2, 0.25) is 5.95 Å². The Morgan fingerprint density at radius 3 is 1.82 bits per heavy atom. The summed E-state index contributed by atoms with van der Waals surface area (Å²) >= 11 is 6.34. The minimum atomic E-state index is -4.51. The minimum Gasteiger partial charge on any atom is -0.392 e. The van der Waals surface area contributed by atoms with Crippen LogP contribution < -0.4 is 9.80 Å². The lowest BCUT2D eigenvalue weighted by Gasteiger charge is -2.35. The Bertz CT molecular complexity index is 1400. The highest BCUT2D eigenvalue weighted by molar-refractivity contribution is 6.33. The third-order valence-corrected chi connectivity index (χ3v) is 6.90. The number of hydrogen-bond acceptors (Lipinski definition) is 5. The number of piperazine rings is 1. The molecule has 6 nitrogen and oxygen atoms in total. The van der Waals surface area contributed by atoms with E-state index >= 15 is 0 Å². The fraction of sp³-hybridized carbons (Fsp3) is 0.259. The van der Waals surface area contributed by atoms with E-state index in [2.05, 4.69) is 15.0 Å². The Morgan fingerprint density at radius 1 is 0.800 bits per heavy atom. The Balaban J connectivity index is 1.45. The van der Waals surface area contributed by atoms with Gasteiger partial charge in [-0.3, -0.25) is 0 Å². The molecule has 0 atom stereocenters. The van der Waals surface area contributed by atoms with E-state index in [0.717, 1.165) is 24.3 Å². The summed E-state index contributed by atoms with van der Waals surface area (Å²) in [5, 5.41) is 9.69. The van der Waals surface area contributed by atoms with Gasteiger partial charge in [-0.25, -0.2) is 9.97 Å². The van der Waals surface area contributed by atoms with Gasteiger partial charge in [0.1, 0.15) is 5.82 Å². The van der Waals surface area contributed by atoms with Crippen LogP contribution >= 0.6 is 11.6 Å². The number of alkyl halides is 6. The standard InChI is InChI=1S/C27H22ClF6N5O/c28-21-13-16(15-40)14-35-24(21)38-9-11-39(12-10-38)25-36-22(17-1-5-19(6-2-17)26(29,30)31)23(37-25)18-3-7-20(8-4-18)27(32,33)34/h1-8,13-14,40H,9-12,15H2,(H,36,37). The van der Waals surface area contributed by atoms with Crippen molar-refractivity contribution in [2.24, 2.45) is 0 Å². The molecule has 0 spiro atoms. The highest BCUT2D eigenvalue weighted by Crippen LogP contribution is 2.37. The highest BCUT2D eigenvalue weighted by Gasteiger charge is 2.32. The van der Waals surface area contributed by atoms with Crippen molar-refractivity contribution >= 4 is 23.4 Å². The van der Waals surface area contributed by atoms with Crippen molar-refractivity contribution in [3.63, 3.8) is 0 Å². The maximum absolute atomic E-state index is 13.1. The van der Waals surface area contributed by atoms with Gasteiger partial charge in [-0.15, -0.1) is 0 Å². The van der Waals surface area contributed by atoms with Crippen LogP contribution in [0.2, 0.25) is 5.02 Å². The molecule has 40 heavy (non-hydrogen) atoms. The quantitative estimate of drug-likeness (QED) is 0.258. The maximum Gasteiger partial charge on any atom is 0.416 e. The number of aliphatic hydroxyl groups is 1. The number of aromatic nitrogens is 3. The fourth-order valence-corrected chi connectivity index (χ4v) is 4.80. The molecular weight excluding hydrogens is 560 g/mol. The first kappa shape index (κ1) is 27.8. The smallest absolute Gasteiger partial charge is 0.392 e. The lowest BCUT2D eigenvalue weighted by atomic mass is 10.0. The third kappa shape index (κ3) is 5.73. The number of anilines is 2. The molecule has 0 radical (unpaired) electrons. The van der Waals surface area contributed by atoms with E-state index in [9.17, 15) is 31.4 Å². The van der Waals surface area contributed by atoms with Gasteiger partial charge >= 0.3 is 12.4 Å². The highest BCUT2D eigenvalue weighted by atomic mass is 35.5. The van der Waals surface area contributed by atoms with Crippen molar-refractivity contribution in [2.75, 3.05) is 36.0 Å². The lowest BCUT2D eigenvalue weighted by Crippen LogP contribution is -2.47. The Labute approximate surface area is 229 Å². The predicted molar refractivity (Wildman–Crippen MR) is 139 cm³/mol. The van der Waals surface area contributed by atoms with Crippen LogP contribution in [0.1, 0.15) is 16.7 Å². The normalized spacial score (nSPS) is 14.6. The molecule has 2 aromatic heterocycles. The Morgan fingerprint density at radius 2 is 1.32 bits per heavy atom. The van der Waals surface area contributed by atoms with Gasteiger partial charge < -0.3 is 19.9 Å². The second-order valence-corrected chi connectivity index (χ2v) is 9.62. The average molecular weight is 582 g/mol. The zero-order valence-corrected chi connectivity index (χ0v) is 21.4. The van der Waals surface area contributed by atoms with Crippen LogP contribution in [0.4, 0.5) is 38.1 Å². The van der Waals surface area contributed by atoms with Crippen molar-refractivity contribution in [3.05, 3.63) is 82.5 Å². The molecule has 210 valence electrons. The molecule has 3 heterocycles. The average Bonchev–Trinajstić information content (AvgIpc) is 3.38. The molecule has 5 rings (SSSR count). The number of nitrogens with zero attached hydrogens (tertiary/aromatic N) is 4. The minimum absolute atomic E-state index is 0.179. The molecule has 2 N–H and O–H groups in total. The molecule has 0 saturated carbocycles. The maximum atomic E-state index is 13.1. The molecule has 0 bridgehead atoms. The van der Waals surface area contributed by atoms with Crippen LogP contribution in [0.5, 0.6) is 0 Å². The van der Waals surface area contributed by atoms with Crippen LogP contribution in [0.3, 0.4) is 0 Å².